The highest BCUT2D eigenvalue weighted by Crippen LogP contribution is 2.49. The van der Waals surface area contributed by atoms with E-state index in [4.69, 9.17) is 14.2 Å². The zero-order chi connectivity index (χ0) is 24.8. The van der Waals surface area contributed by atoms with Crippen molar-refractivity contribution in [3.05, 3.63) is 66.0 Å². The first-order chi connectivity index (χ1) is 17.5. The van der Waals surface area contributed by atoms with E-state index in [1.165, 1.54) is 12.1 Å². The van der Waals surface area contributed by atoms with E-state index in [1.807, 2.05) is 23.1 Å². The average Bonchev–Trinajstić information content (AvgIpc) is 3.63. The SMILES string of the molecule is O=C(O)[C@H]1[C@@H](C(=O)N2CC[C@H](c3ccc(F)cc3)[C@H](COc3ccc4c(c3)OCO4)C2)[C@@H]2C=C[C@H]1C2. The van der Waals surface area contributed by atoms with Gasteiger partial charge in [0.1, 0.15) is 11.6 Å². The summed E-state index contributed by atoms with van der Waals surface area (Å²) < 4.78 is 30.6. The molecule has 2 fully saturated rings. The van der Waals surface area contributed by atoms with Crippen molar-refractivity contribution in [1.82, 2.24) is 4.90 Å². The number of rotatable bonds is 6. The number of piperidine rings is 1. The number of fused-ring (bicyclic) bond motifs is 3. The summed E-state index contributed by atoms with van der Waals surface area (Å²) in [5, 5.41) is 9.82. The third-order valence-electron chi connectivity index (χ3n) is 8.18. The number of amides is 1. The van der Waals surface area contributed by atoms with Crippen molar-refractivity contribution in [2.24, 2.45) is 29.6 Å². The van der Waals surface area contributed by atoms with Gasteiger partial charge in [-0.15, -0.1) is 0 Å². The van der Waals surface area contributed by atoms with Crippen LogP contribution in [0.25, 0.3) is 0 Å². The van der Waals surface area contributed by atoms with Gasteiger partial charge in [0.15, 0.2) is 11.5 Å². The van der Waals surface area contributed by atoms with Gasteiger partial charge in [0.2, 0.25) is 12.7 Å². The van der Waals surface area contributed by atoms with E-state index in [2.05, 4.69) is 0 Å². The molecule has 0 spiro atoms. The predicted octanol–water partition coefficient (Wildman–Crippen LogP) is 4.09. The molecule has 1 saturated carbocycles. The lowest BCUT2D eigenvalue weighted by Crippen LogP contribution is -2.49. The number of carboxylic acids is 1. The zero-order valence-corrected chi connectivity index (χ0v) is 19.7. The Morgan fingerprint density at radius 1 is 1.03 bits per heavy atom. The fraction of sp³-hybridized carbons (Fsp3) is 0.429. The van der Waals surface area contributed by atoms with Gasteiger partial charge in [-0.1, -0.05) is 24.3 Å². The molecule has 2 aliphatic carbocycles. The van der Waals surface area contributed by atoms with Crippen LogP contribution in [0.15, 0.2) is 54.6 Å². The van der Waals surface area contributed by atoms with E-state index < -0.39 is 17.8 Å². The summed E-state index contributed by atoms with van der Waals surface area (Å²) in [6.45, 7) is 1.52. The van der Waals surface area contributed by atoms with Gasteiger partial charge in [0.05, 0.1) is 18.4 Å². The summed E-state index contributed by atoms with van der Waals surface area (Å²) in [4.78, 5) is 27.5. The van der Waals surface area contributed by atoms with Crippen molar-refractivity contribution in [1.29, 1.82) is 0 Å². The molecule has 4 aliphatic rings. The highest BCUT2D eigenvalue weighted by atomic mass is 19.1. The molecule has 1 amide bonds. The highest BCUT2D eigenvalue weighted by Gasteiger charge is 2.53. The molecule has 2 aromatic rings. The van der Waals surface area contributed by atoms with E-state index in [9.17, 15) is 19.1 Å². The van der Waals surface area contributed by atoms with Crippen molar-refractivity contribution in [3.63, 3.8) is 0 Å². The molecule has 2 bridgehead atoms. The molecule has 2 aliphatic heterocycles. The number of hydrogen-bond acceptors (Lipinski definition) is 5. The maximum atomic E-state index is 13.6. The Balaban J connectivity index is 1.21. The molecule has 0 aromatic heterocycles. The van der Waals surface area contributed by atoms with Crippen molar-refractivity contribution >= 4 is 11.9 Å². The Bertz CT molecular complexity index is 1200. The second kappa shape index (κ2) is 9.15. The van der Waals surface area contributed by atoms with Gasteiger partial charge in [0, 0.05) is 25.1 Å². The quantitative estimate of drug-likeness (QED) is 0.611. The summed E-state index contributed by atoms with van der Waals surface area (Å²) in [5.41, 5.74) is 1.01. The number of aliphatic carboxylic acids is 1. The molecule has 6 rings (SSSR count). The minimum atomic E-state index is -0.894. The van der Waals surface area contributed by atoms with Gasteiger partial charge in [-0.25, -0.2) is 4.39 Å². The standard InChI is InChI=1S/C28H28FNO6/c29-20-5-3-16(4-6-20)22-9-10-30(27(31)25-17-1-2-18(11-17)26(25)28(32)33)13-19(22)14-34-21-7-8-23-24(12-21)36-15-35-23/h1-8,12,17-19,22,25-26H,9-11,13-15H2,(H,32,33)/t17-,18+,19+,22-,25+,26-/m1/s1. The monoisotopic (exact) mass is 493 g/mol. The summed E-state index contributed by atoms with van der Waals surface area (Å²) in [6, 6.07) is 11.9. The van der Waals surface area contributed by atoms with E-state index in [-0.39, 0.29) is 42.2 Å². The summed E-state index contributed by atoms with van der Waals surface area (Å²) in [5.74, 6) is -0.533. The minimum absolute atomic E-state index is 0.0123. The number of carbonyl (C=O) groups excluding carboxylic acids is 1. The summed E-state index contributed by atoms with van der Waals surface area (Å²) >= 11 is 0. The molecule has 0 unspecified atom stereocenters. The number of likely N-dealkylation sites (tertiary alicyclic amines) is 1. The van der Waals surface area contributed by atoms with Crippen LogP contribution < -0.4 is 14.2 Å². The van der Waals surface area contributed by atoms with Gasteiger partial charge in [0.25, 0.3) is 0 Å². The molecule has 6 atom stereocenters. The number of carboxylic acid groups (broad SMARTS) is 1. The van der Waals surface area contributed by atoms with Crippen LogP contribution in [-0.2, 0) is 9.59 Å². The fourth-order valence-corrected chi connectivity index (χ4v) is 6.43. The zero-order valence-electron chi connectivity index (χ0n) is 19.7. The third-order valence-corrected chi connectivity index (χ3v) is 8.18. The number of benzene rings is 2. The summed E-state index contributed by atoms with van der Waals surface area (Å²) in [7, 11) is 0. The van der Waals surface area contributed by atoms with Crippen LogP contribution in [-0.4, -0.2) is 48.4 Å². The lowest BCUT2D eigenvalue weighted by Gasteiger charge is -2.41. The van der Waals surface area contributed by atoms with Crippen LogP contribution in [0, 0.1) is 35.4 Å². The van der Waals surface area contributed by atoms with Crippen LogP contribution in [0.2, 0.25) is 0 Å². The molecule has 8 heteroatoms. The highest BCUT2D eigenvalue weighted by molar-refractivity contribution is 5.87. The van der Waals surface area contributed by atoms with Crippen LogP contribution in [0.5, 0.6) is 17.2 Å². The van der Waals surface area contributed by atoms with Crippen molar-refractivity contribution in [2.45, 2.75) is 18.8 Å². The van der Waals surface area contributed by atoms with Gasteiger partial charge >= 0.3 is 5.97 Å². The molecule has 188 valence electrons. The van der Waals surface area contributed by atoms with E-state index in [0.717, 1.165) is 12.0 Å². The number of nitrogens with zero attached hydrogens (tertiary/aromatic N) is 1. The minimum Gasteiger partial charge on any atom is -0.493 e. The number of hydrogen-bond donors (Lipinski definition) is 1. The second-order valence-corrected chi connectivity index (χ2v) is 10.2. The maximum absolute atomic E-state index is 13.6. The van der Waals surface area contributed by atoms with Crippen molar-refractivity contribution in [2.75, 3.05) is 26.5 Å². The first kappa shape index (κ1) is 22.9. The van der Waals surface area contributed by atoms with E-state index >= 15 is 0 Å². The Labute approximate surface area is 208 Å². The Hall–Kier alpha value is -3.55. The lowest BCUT2D eigenvalue weighted by atomic mass is 9.78. The summed E-state index contributed by atoms with van der Waals surface area (Å²) in [6.07, 6.45) is 5.39. The van der Waals surface area contributed by atoms with Crippen molar-refractivity contribution < 1.29 is 33.3 Å². The van der Waals surface area contributed by atoms with Crippen LogP contribution in [0.3, 0.4) is 0 Å². The van der Waals surface area contributed by atoms with Gasteiger partial charge in [-0.3, -0.25) is 9.59 Å². The Morgan fingerprint density at radius 3 is 2.56 bits per heavy atom. The Kier molecular flexibility index (Phi) is 5.82. The average molecular weight is 494 g/mol. The molecule has 2 aromatic carbocycles. The molecule has 2 heterocycles. The van der Waals surface area contributed by atoms with Crippen LogP contribution >= 0.6 is 0 Å². The number of halogens is 1. The molecule has 1 saturated heterocycles. The molecule has 0 radical (unpaired) electrons. The van der Waals surface area contributed by atoms with Gasteiger partial charge in [-0.2, -0.15) is 0 Å². The van der Waals surface area contributed by atoms with Crippen LogP contribution in [0.4, 0.5) is 4.39 Å². The predicted molar refractivity (Wildman–Crippen MR) is 127 cm³/mol. The molecule has 36 heavy (non-hydrogen) atoms. The molecular formula is C28H28FNO6. The number of carbonyl (C=O) groups is 2. The molecular weight excluding hydrogens is 465 g/mol. The topological polar surface area (TPSA) is 85.3 Å². The van der Waals surface area contributed by atoms with Crippen LogP contribution in [0.1, 0.15) is 24.3 Å². The first-order valence-electron chi connectivity index (χ1n) is 12.5. The normalized spacial score (nSPS) is 30.0. The number of ether oxygens (including phenoxy) is 3. The maximum Gasteiger partial charge on any atom is 0.307 e. The smallest absolute Gasteiger partial charge is 0.307 e. The van der Waals surface area contributed by atoms with Gasteiger partial charge in [-0.05, 0) is 60.4 Å². The third kappa shape index (κ3) is 4.08. The largest absolute Gasteiger partial charge is 0.493 e. The fourth-order valence-electron chi connectivity index (χ4n) is 6.43. The Morgan fingerprint density at radius 2 is 1.78 bits per heavy atom. The molecule has 7 nitrogen and oxygen atoms in total. The first-order valence-corrected chi connectivity index (χ1v) is 12.5. The van der Waals surface area contributed by atoms with E-state index in [1.54, 1.807) is 24.3 Å². The van der Waals surface area contributed by atoms with Gasteiger partial charge < -0.3 is 24.2 Å². The van der Waals surface area contributed by atoms with Crippen molar-refractivity contribution in [3.8, 4) is 17.2 Å². The second-order valence-electron chi connectivity index (χ2n) is 10.2. The number of allylic oxidation sites excluding steroid dienone is 2. The lowest BCUT2D eigenvalue weighted by molar-refractivity contribution is -0.152. The molecule has 1 N–H and O–H groups in total. The van der Waals surface area contributed by atoms with E-state index in [0.29, 0.717) is 43.4 Å².